The van der Waals surface area contributed by atoms with Crippen LogP contribution in [-0.4, -0.2) is 14.5 Å². The van der Waals surface area contributed by atoms with Gasteiger partial charge in [-0.2, -0.15) is 0 Å². The fourth-order valence-corrected chi connectivity index (χ4v) is 3.65. The number of rotatable bonds is 2. The van der Waals surface area contributed by atoms with E-state index in [9.17, 15) is 17.2 Å². The molecule has 0 unspecified atom stereocenters. The molecule has 0 radical (unpaired) electrons. The molecular weight excluding hydrogens is 314 g/mol. The largest absolute Gasteiger partial charge is 0.491 e. The molecule has 0 atom stereocenters. The van der Waals surface area contributed by atoms with E-state index in [4.69, 9.17) is 9.47 Å². The van der Waals surface area contributed by atoms with Crippen LogP contribution in [0, 0.1) is 11.6 Å². The highest BCUT2D eigenvalue weighted by Crippen LogP contribution is 2.44. The summed E-state index contributed by atoms with van der Waals surface area (Å²) >= 11 is 0. The van der Waals surface area contributed by atoms with Gasteiger partial charge in [0.25, 0.3) is 0 Å². The van der Waals surface area contributed by atoms with Gasteiger partial charge in [0.15, 0.2) is 11.6 Å². The maximum absolute atomic E-state index is 13.3. The van der Waals surface area contributed by atoms with Crippen LogP contribution in [-0.2, 0) is 9.84 Å². The van der Waals surface area contributed by atoms with E-state index in [2.05, 4.69) is 0 Å². The Morgan fingerprint density at radius 3 is 2.32 bits per heavy atom. The summed E-state index contributed by atoms with van der Waals surface area (Å²) in [5.74, 6) is -2.21. The molecule has 0 aromatic heterocycles. The zero-order valence-electron chi connectivity index (χ0n) is 11.8. The average Bonchev–Trinajstić information content (AvgIpc) is 2.40. The fourth-order valence-electron chi connectivity index (χ4n) is 2.17. The highest BCUT2D eigenvalue weighted by Gasteiger charge is 2.33. The molecule has 3 rings (SSSR count). The molecule has 0 amide bonds. The van der Waals surface area contributed by atoms with E-state index in [-0.39, 0.29) is 22.5 Å². The van der Waals surface area contributed by atoms with Gasteiger partial charge < -0.3 is 9.47 Å². The van der Waals surface area contributed by atoms with E-state index in [1.54, 1.807) is 0 Å². The lowest BCUT2D eigenvalue weighted by Crippen LogP contribution is -2.13. The standard InChI is InChI=1S/C15H12F2O4S/c1-8(2)20-9-3-4-14-12(5-9)21-13-6-10(16)11(17)7-15(13)22(14,18)19/h3-8H,1-2H3. The van der Waals surface area contributed by atoms with Gasteiger partial charge in [-0.25, -0.2) is 17.2 Å². The summed E-state index contributed by atoms with van der Waals surface area (Å²) in [5, 5.41) is 0. The number of halogens is 2. The Morgan fingerprint density at radius 2 is 1.64 bits per heavy atom. The number of fused-ring (bicyclic) bond motifs is 2. The minimum atomic E-state index is -3.97. The van der Waals surface area contributed by atoms with Gasteiger partial charge in [0, 0.05) is 12.1 Å². The summed E-state index contributed by atoms with van der Waals surface area (Å²) in [4.78, 5) is -0.501. The van der Waals surface area contributed by atoms with E-state index >= 15 is 0 Å². The predicted octanol–water partition coefficient (Wildman–Crippen LogP) is 3.69. The molecule has 0 fully saturated rings. The van der Waals surface area contributed by atoms with Crippen LogP contribution in [0.5, 0.6) is 17.2 Å². The Bertz CT molecular complexity index is 860. The summed E-state index contributed by atoms with van der Waals surface area (Å²) in [6.45, 7) is 3.65. The normalized spacial score (nSPS) is 15.0. The molecule has 7 heteroatoms. The van der Waals surface area contributed by atoms with Crippen molar-refractivity contribution in [2.75, 3.05) is 0 Å². The van der Waals surface area contributed by atoms with Gasteiger partial charge in [-0.15, -0.1) is 0 Å². The predicted molar refractivity (Wildman–Crippen MR) is 74.1 cm³/mol. The smallest absolute Gasteiger partial charge is 0.214 e. The van der Waals surface area contributed by atoms with Crippen LogP contribution in [0.4, 0.5) is 8.78 Å². The lowest BCUT2D eigenvalue weighted by Gasteiger charge is -2.21. The number of sulfone groups is 1. The summed E-state index contributed by atoms with van der Waals surface area (Å²) in [7, 11) is -3.97. The fraction of sp³-hybridized carbons (Fsp3) is 0.200. The number of ether oxygens (including phenoxy) is 2. The molecule has 1 heterocycles. The minimum Gasteiger partial charge on any atom is -0.491 e. The molecule has 0 spiro atoms. The third kappa shape index (κ3) is 2.31. The third-order valence-corrected chi connectivity index (χ3v) is 4.89. The Balaban J connectivity index is 2.16. The maximum Gasteiger partial charge on any atom is 0.214 e. The minimum absolute atomic E-state index is 0.0247. The van der Waals surface area contributed by atoms with Crippen LogP contribution in [0.2, 0.25) is 0 Å². The molecule has 0 bridgehead atoms. The molecule has 0 saturated carbocycles. The van der Waals surface area contributed by atoms with E-state index in [1.807, 2.05) is 13.8 Å². The molecule has 1 aliphatic heterocycles. The molecule has 22 heavy (non-hydrogen) atoms. The van der Waals surface area contributed by atoms with Crippen molar-refractivity contribution in [3.8, 4) is 17.2 Å². The van der Waals surface area contributed by atoms with Gasteiger partial charge in [-0.3, -0.25) is 0 Å². The first-order valence-corrected chi connectivity index (χ1v) is 8.00. The second-order valence-electron chi connectivity index (χ2n) is 5.09. The molecule has 2 aromatic rings. The Hall–Kier alpha value is -2.15. The first kappa shape index (κ1) is 14.8. The molecule has 116 valence electrons. The summed E-state index contributed by atoms with van der Waals surface area (Å²) in [5.41, 5.74) is 0. The van der Waals surface area contributed by atoms with Crippen molar-refractivity contribution >= 4 is 9.84 Å². The zero-order chi connectivity index (χ0) is 16.1. The molecular formula is C15H12F2O4S. The number of benzene rings is 2. The molecule has 0 aliphatic carbocycles. The molecule has 0 saturated heterocycles. The first-order valence-electron chi connectivity index (χ1n) is 6.52. The number of hydrogen-bond donors (Lipinski definition) is 0. The van der Waals surface area contributed by atoms with Crippen LogP contribution in [0.15, 0.2) is 40.1 Å². The SMILES string of the molecule is CC(C)Oc1ccc2c(c1)Oc1cc(F)c(F)cc1S2(=O)=O. The van der Waals surface area contributed by atoms with Gasteiger partial charge >= 0.3 is 0 Å². The monoisotopic (exact) mass is 326 g/mol. The first-order chi connectivity index (χ1) is 10.3. The topological polar surface area (TPSA) is 52.6 Å². The summed E-state index contributed by atoms with van der Waals surface area (Å²) in [6, 6.07) is 5.58. The van der Waals surface area contributed by atoms with Crippen molar-refractivity contribution in [2.24, 2.45) is 0 Å². The molecule has 2 aromatic carbocycles. The van der Waals surface area contributed by atoms with Crippen LogP contribution < -0.4 is 9.47 Å². The van der Waals surface area contributed by atoms with Gasteiger partial charge in [0.1, 0.15) is 27.0 Å². The molecule has 1 aliphatic rings. The second-order valence-corrected chi connectivity index (χ2v) is 6.98. The lowest BCUT2D eigenvalue weighted by atomic mass is 10.3. The van der Waals surface area contributed by atoms with Crippen molar-refractivity contribution in [1.29, 1.82) is 0 Å². The number of hydrogen-bond acceptors (Lipinski definition) is 4. The van der Waals surface area contributed by atoms with Gasteiger partial charge in [0.2, 0.25) is 9.84 Å². The van der Waals surface area contributed by atoms with Crippen LogP contribution in [0.3, 0.4) is 0 Å². The summed E-state index contributed by atoms with van der Waals surface area (Å²) in [6.07, 6.45) is -0.0999. The van der Waals surface area contributed by atoms with Gasteiger partial charge in [-0.05, 0) is 32.0 Å². The van der Waals surface area contributed by atoms with Crippen molar-refractivity contribution in [3.05, 3.63) is 42.0 Å². The molecule has 0 N–H and O–H groups in total. The van der Waals surface area contributed by atoms with Gasteiger partial charge in [0.05, 0.1) is 6.10 Å². The highest BCUT2D eigenvalue weighted by molar-refractivity contribution is 7.91. The van der Waals surface area contributed by atoms with Crippen LogP contribution >= 0.6 is 0 Å². The maximum atomic E-state index is 13.3. The Morgan fingerprint density at radius 1 is 1.00 bits per heavy atom. The van der Waals surface area contributed by atoms with Gasteiger partial charge in [-0.1, -0.05) is 0 Å². The molecule has 4 nitrogen and oxygen atoms in total. The van der Waals surface area contributed by atoms with Crippen molar-refractivity contribution < 1.29 is 26.7 Å². The van der Waals surface area contributed by atoms with E-state index in [1.165, 1.54) is 18.2 Å². The Kier molecular flexibility index (Phi) is 3.32. The van der Waals surface area contributed by atoms with E-state index < -0.39 is 26.4 Å². The Labute approximate surface area is 126 Å². The van der Waals surface area contributed by atoms with Crippen LogP contribution in [0.1, 0.15) is 13.8 Å². The third-order valence-electron chi connectivity index (χ3n) is 3.07. The van der Waals surface area contributed by atoms with Crippen LogP contribution in [0.25, 0.3) is 0 Å². The average molecular weight is 326 g/mol. The second kappa shape index (κ2) is 4.95. The lowest BCUT2D eigenvalue weighted by molar-refractivity contribution is 0.241. The van der Waals surface area contributed by atoms with E-state index in [0.717, 1.165) is 6.07 Å². The van der Waals surface area contributed by atoms with Crippen molar-refractivity contribution in [1.82, 2.24) is 0 Å². The van der Waals surface area contributed by atoms with E-state index in [0.29, 0.717) is 11.8 Å². The van der Waals surface area contributed by atoms with Crippen molar-refractivity contribution in [3.63, 3.8) is 0 Å². The quantitative estimate of drug-likeness (QED) is 0.674. The summed E-state index contributed by atoms with van der Waals surface area (Å²) < 4.78 is 62.5. The highest BCUT2D eigenvalue weighted by atomic mass is 32.2. The zero-order valence-corrected chi connectivity index (χ0v) is 12.6. The van der Waals surface area contributed by atoms with Crippen molar-refractivity contribution in [2.45, 2.75) is 29.7 Å².